The van der Waals surface area contributed by atoms with Gasteiger partial charge in [0.15, 0.2) is 5.72 Å². The highest BCUT2D eigenvalue weighted by Crippen LogP contribution is 2.44. The molecule has 6 aliphatic rings. The molecule has 358 valence electrons. The summed E-state index contributed by atoms with van der Waals surface area (Å²) >= 11 is 10.0. The zero-order chi connectivity index (χ0) is 47.1. The van der Waals surface area contributed by atoms with Crippen LogP contribution in [0.25, 0.3) is 0 Å². The van der Waals surface area contributed by atoms with E-state index < -0.39 is 65.6 Å². The number of nitrogens with zero attached hydrogens (tertiary/aromatic N) is 2. The molecule has 0 radical (unpaired) electrons. The molecule has 1 aromatic rings. The molecular weight excluding hydrogens is 1000 g/mol. The molecule has 5 amide bonds. The van der Waals surface area contributed by atoms with Crippen molar-refractivity contribution in [2.45, 2.75) is 119 Å². The number of ether oxygens (including phenoxy) is 6. The number of benzene rings is 1. The maximum atomic E-state index is 14.1. The van der Waals surface area contributed by atoms with E-state index in [2.05, 4.69) is 14.4 Å². The number of allylic oxidation sites excluding steroid dienone is 3. The standard InChI is InChI=1S/C44H59ClIN5O13S/c1-25-8-6-9-34(60-5)44(58)22-31(62-42(57)47-44)32-21-43(2,64-32)35(20-36(52)50(3)29-17-27(16-25)18-30(59-4)39(29)45)63-38(54)24-61-14-7-15-65-33-19-37(53)51(41(33)56)23-26-10-12-28(13-11-26)40(55)48-49-46/h6,8-9,17-18,26,28,31-35,49,58H,7,10-16,19-24H2,1-5H3,(H,47,57)(H,48,55)/b9-6+,25-8+/t26?,28?,31-,32+,33?,34+,35-,43+,44-/m0/s1. The number of hydrogen-bond acceptors (Lipinski definition) is 15. The van der Waals surface area contributed by atoms with Crippen LogP contribution in [0.4, 0.5) is 10.5 Å². The number of methoxy groups -OCH3 is 2. The number of halogens is 2. The summed E-state index contributed by atoms with van der Waals surface area (Å²) in [5, 5.41) is 13.9. The van der Waals surface area contributed by atoms with E-state index in [4.69, 9.17) is 40.0 Å². The number of amides is 5. The Bertz CT molecular complexity index is 2010. The van der Waals surface area contributed by atoms with Crippen LogP contribution in [0.2, 0.25) is 5.02 Å². The number of imide groups is 1. The first-order chi connectivity index (χ1) is 31.0. The second-order valence-electron chi connectivity index (χ2n) is 17.5. The number of aliphatic hydroxyl groups is 1. The van der Waals surface area contributed by atoms with Gasteiger partial charge in [-0.1, -0.05) is 35.4 Å². The molecule has 7 rings (SSSR count). The normalized spacial score (nSPS) is 32.1. The molecule has 4 N–H and O–H groups in total. The molecule has 18 nitrogen and oxygen atoms in total. The average molecular weight is 1060 g/mol. The number of rotatable bonds is 14. The van der Waals surface area contributed by atoms with Gasteiger partial charge in [0.05, 0.1) is 30.6 Å². The van der Waals surface area contributed by atoms with Crippen molar-refractivity contribution < 1.29 is 62.3 Å². The molecule has 0 spiro atoms. The number of anilines is 1. The van der Waals surface area contributed by atoms with Gasteiger partial charge in [-0.3, -0.25) is 34.8 Å². The number of thioether (sulfide) groups is 1. The summed E-state index contributed by atoms with van der Waals surface area (Å²) in [6.07, 6.45) is 4.47. The molecule has 1 aliphatic carbocycles. The summed E-state index contributed by atoms with van der Waals surface area (Å²) < 4.78 is 37.4. The zero-order valence-electron chi connectivity index (χ0n) is 37.2. The molecule has 65 heavy (non-hydrogen) atoms. The van der Waals surface area contributed by atoms with Gasteiger partial charge in [-0.25, -0.2) is 9.59 Å². The van der Waals surface area contributed by atoms with Crippen molar-refractivity contribution in [1.82, 2.24) is 19.3 Å². The summed E-state index contributed by atoms with van der Waals surface area (Å²) in [6.45, 7) is 3.71. The van der Waals surface area contributed by atoms with Gasteiger partial charge in [0.2, 0.25) is 23.6 Å². The summed E-state index contributed by atoms with van der Waals surface area (Å²) in [4.78, 5) is 81.2. The summed E-state index contributed by atoms with van der Waals surface area (Å²) in [6, 6.07) is 3.57. The second-order valence-corrected chi connectivity index (χ2v) is 19.7. The third-order valence-corrected chi connectivity index (χ3v) is 14.7. The Labute approximate surface area is 402 Å². The molecule has 1 unspecified atom stereocenters. The number of hydrogen-bond donors (Lipinski definition) is 4. The van der Waals surface area contributed by atoms with Gasteiger partial charge >= 0.3 is 12.1 Å². The number of alkyl carbamates (subject to hydrolysis) is 1. The van der Waals surface area contributed by atoms with E-state index in [1.807, 2.05) is 35.9 Å². The molecule has 6 bridgehead atoms. The lowest BCUT2D eigenvalue weighted by Gasteiger charge is -2.53. The van der Waals surface area contributed by atoms with Crippen LogP contribution in [0.3, 0.4) is 0 Å². The Hall–Kier alpha value is -3.51. The second kappa shape index (κ2) is 22.5. The van der Waals surface area contributed by atoms with Gasteiger partial charge in [0.1, 0.15) is 41.3 Å². The van der Waals surface area contributed by atoms with Gasteiger partial charge < -0.3 is 38.4 Å². The number of carbonyl (C=O) groups is 6. The Morgan fingerprint density at radius 2 is 1.82 bits per heavy atom. The largest absolute Gasteiger partial charge is 0.495 e. The SMILES string of the molecule is COc1cc2cc(c1Cl)N(C)C(=O)C[C@H](OC(=O)COCCCSC1CC(=O)N(CC3CCC(C(=O)NNI)CC3)C1=O)[C@@]1(C)C[C@@H](O1)[C@@H]1C[C@@](O)(NC(=O)O1)[C@H](OC)/C=C/C=C(\C)C2. The lowest BCUT2D eigenvalue weighted by atomic mass is 9.79. The number of nitrogens with one attached hydrogen (secondary N) is 3. The van der Waals surface area contributed by atoms with Crippen molar-refractivity contribution in [3.05, 3.63) is 46.5 Å². The van der Waals surface area contributed by atoms with Crippen LogP contribution in [0.15, 0.2) is 35.9 Å². The van der Waals surface area contributed by atoms with Crippen molar-refractivity contribution in [3.8, 4) is 5.75 Å². The van der Waals surface area contributed by atoms with E-state index in [0.717, 1.165) is 24.0 Å². The molecule has 7 atom stereocenters. The fourth-order valence-corrected chi connectivity index (χ4v) is 10.8. The van der Waals surface area contributed by atoms with Crippen molar-refractivity contribution in [1.29, 1.82) is 0 Å². The lowest BCUT2D eigenvalue weighted by Crippen LogP contribution is -2.68. The highest BCUT2D eigenvalue weighted by atomic mass is 127. The maximum absolute atomic E-state index is 14.1. The zero-order valence-corrected chi connectivity index (χ0v) is 41.0. The van der Waals surface area contributed by atoms with Gasteiger partial charge in [-0.05, 0) is 81.7 Å². The number of likely N-dealkylation sites (tertiary alicyclic amines) is 1. The van der Waals surface area contributed by atoms with Gasteiger partial charge in [0, 0.05) is 75.4 Å². The summed E-state index contributed by atoms with van der Waals surface area (Å²) in [7, 11) is 4.47. The fourth-order valence-electron chi connectivity index (χ4n) is 9.09. The first kappa shape index (κ1) is 50.9. The van der Waals surface area contributed by atoms with Crippen molar-refractivity contribution in [3.63, 3.8) is 0 Å². The number of esters is 1. The third kappa shape index (κ3) is 12.5. The number of fused-ring (bicyclic) bond motifs is 6. The Morgan fingerprint density at radius 1 is 1.08 bits per heavy atom. The van der Waals surface area contributed by atoms with Gasteiger partial charge in [-0.15, -0.1) is 11.8 Å². The lowest BCUT2D eigenvalue weighted by molar-refractivity contribution is -0.280. The molecule has 1 aromatic carbocycles. The predicted molar refractivity (Wildman–Crippen MR) is 248 cm³/mol. The summed E-state index contributed by atoms with van der Waals surface area (Å²) in [5.74, 6) is -0.667. The summed E-state index contributed by atoms with van der Waals surface area (Å²) in [5.41, 5.74) is 1.66. The van der Waals surface area contributed by atoms with Crippen molar-refractivity contribution in [2.24, 2.45) is 11.8 Å². The van der Waals surface area contributed by atoms with E-state index in [-0.39, 0.29) is 66.9 Å². The molecule has 3 saturated heterocycles. The van der Waals surface area contributed by atoms with Gasteiger partial charge in [-0.2, -0.15) is 3.64 Å². The van der Waals surface area contributed by atoms with Crippen LogP contribution in [-0.4, -0.2) is 133 Å². The molecule has 4 fully saturated rings. The molecule has 5 aliphatic heterocycles. The first-order valence-electron chi connectivity index (χ1n) is 21.7. The van der Waals surface area contributed by atoms with E-state index in [1.165, 1.54) is 35.8 Å². The minimum Gasteiger partial charge on any atom is -0.495 e. The van der Waals surface area contributed by atoms with Crippen LogP contribution >= 0.6 is 46.2 Å². The highest BCUT2D eigenvalue weighted by molar-refractivity contribution is 14.1. The maximum Gasteiger partial charge on any atom is 0.409 e. The van der Waals surface area contributed by atoms with Crippen LogP contribution in [0.5, 0.6) is 5.75 Å². The van der Waals surface area contributed by atoms with E-state index in [0.29, 0.717) is 49.4 Å². The minimum atomic E-state index is -1.84. The first-order valence-corrected chi connectivity index (χ1v) is 24.2. The topological polar surface area (TPSA) is 221 Å². The number of hydrazine groups is 1. The van der Waals surface area contributed by atoms with Crippen LogP contribution in [-0.2, 0) is 54.1 Å². The van der Waals surface area contributed by atoms with Crippen molar-refractivity contribution >= 4 is 87.6 Å². The monoisotopic (exact) mass is 1060 g/mol. The quantitative estimate of drug-likeness (QED) is 0.0505. The van der Waals surface area contributed by atoms with Crippen LogP contribution in [0, 0.1) is 11.8 Å². The predicted octanol–water partition coefficient (Wildman–Crippen LogP) is 4.47. The minimum absolute atomic E-state index is 0.0474. The van der Waals surface area contributed by atoms with Crippen LogP contribution < -0.4 is 24.0 Å². The Balaban J connectivity index is 1.06. The number of carbonyl (C=O) groups excluding carboxylic acids is 6. The van der Waals surface area contributed by atoms with E-state index in [1.54, 1.807) is 38.3 Å². The molecule has 21 heteroatoms. The van der Waals surface area contributed by atoms with E-state index >= 15 is 0 Å². The Morgan fingerprint density at radius 3 is 2.51 bits per heavy atom. The molecular formula is C44H59ClIN5O13S. The fraction of sp³-hybridized carbons (Fsp3) is 0.636. The van der Waals surface area contributed by atoms with E-state index in [9.17, 15) is 33.9 Å². The molecule has 0 aromatic heterocycles. The molecule has 5 heterocycles. The smallest absolute Gasteiger partial charge is 0.409 e. The average Bonchev–Trinajstić information content (AvgIpc) is 3.52. The van der Waals surface area contributed by atoms with Gasteiger partial charge in [0.25, 0.3) is 0 Å². The highest BCUT2D eigenvalue weighted by Gasteiger charge is 2.57. The third-order valence-electron chi connectivity index (χ3n) is 12.8. The van der Waals surface area contributed by atoms with Crippen LogP contribution in [0.1, 0.15) is 77.2 Å². The van der Waals surface area contributed by atoms with Crippen molar-refractivity contribution in [2.75, 3.05) is 51.7 Å². The Kier molecular flexibility index (Phi) is 17.6. The molecule has 1 saturated carbocycles.